The van der Waals surface area contributed by atoms with Crippen molar-refractivity contribution in [3.63, 3.8) is 0 Å². The van der Waals surface area contributed by atoms with Gasteiger partial charge in [0.15, 0.2) is 0 Å². The molecule has 0 spiro atoms. The molecule has 0 saturated carbocycles. The van der Waals surface area contributed by atoms with E-state index in [4.69, 9.17) is 5.73 Å². The van der Waals surface area contributed by atoms with Gasteiger partial charge in [-0.1, -0.05) is 18.2 Å². The molecule has 15 heavy (non-hydrogen) atoms. The topological polar surface area (TPSA) is 38.9 Å². The predicted octanol–water partition coefficient (Wildman–Crippen LogP) is 2.96. The van der Waals surface area contributed by atoms with Crippen LogP contribution in [0.15, 0.2) is 53.6 Å². The fourth-order valence-corrected chi connectivity index (χ4v) is 2.13. The number of pyridine rings is 1. The molecular formula is C12H12N2S. The largest absolute Gasteiger partial charge is 0.398 e. The van der Waals surface area contributed by atoms with Crippen molar-refractivity contribution >= 4 is 17.4 Å². The quantitative estimate of drug-likeness (QED) is 0.633. The maximum absolute atomic E-state index is 5.84. The number of aromatic nitrogens is 1. The lowest BCUT2D eigenvalue weighted by molar-refractivity contribution is 1.17. The van der Waals surface area contributed by atoms with Crippen LogP contribution in [0.2, 0.25) is 0 Å². The molecule has 0 atom stereocenters. The smallest absolute Gasteiger partial charge is 0.0506 e. The number of hydrogen-bond donors (Lipinski definition) is 1. The summed E-state index contributed by atoms with van der Waals surface area (Å²) in [6.45, 7) is 0. The first-order valence-electron chi connectivity index (χ1n) is 4.73. The molecule has 0 unspecified atom stereocenters. The van der Waals surface area contributed by atoms with E-state index in [-0.39, 0.29) is 0 Å². The first kappa shape index (κ1) is 10.1. The number of nitrogens with zero attached hydrogens (tertiary/aromatic N) is 1. The van der Waals surface area contributed by atoms with Crippen LogP contribution in [-0.2, 0) is 5.75 Å². The number of rotatable bonds is 3. The molecule has 76 valence electrons. The van der Waals surface area contributed by atoms with Crippen molar-refractivity contribution in [1.29, 1.82) is 0 Å². The van der Waals surface area contributed by atoms with E-state index < -0.39 is 0 Å². The average Bonchev–Trinajstić information content (AvgIpc) is 2.29. The highest BCUT2D eigenvalue weighted by molar-refractivity contribution is 7.98. The van der Waals surface area contributed by atoms with Gasteiger partial charge in [-0.3, -0.25) is 4.98 Å². The molecule has 2 aromatic rings. The summed E-state index contributed by atoms with van der Waals surface area (Å²) in [6.07, 6.45) is 1.81. The van der Waals surface area contributed by atoms with Crippen LogP contribution in [0, 0.1) is 0 Å². The minimum atomic E-state index is 0.832. The number of hydrogen-bond acceptors (Lipinski definition) is 3. The minimum absolute atomic E-state index is 0.832. The molecule has 1 heterocycles. The van der Waals surface area contributed by atoms with Crippen LogP contribution in [0.25, 0.3) is 0 Å². The second-order valence-electron chi connectivity index (χ2n) is 3.15. The highest BCUT2D eigenvalue weighted by Gasteiger charge is 1.99. The van der Waals surface area contributed by atoms with Crippen LogP contribution in [0.4, 0.5) is 5.69 Å². The summed E-state index contributed by atoms with van der Waals surface area (Å²) in [5.41, 5.74) is 7.75. The van der Waals surface area contributed by atoms with Crippen LogP contribution in [0.1, 0.15) is 5.69 Å². The maximum Gasteiger partial charge on any atom is 0.0506 e. The third-order valence-electron chi connectivity index (χ3n) is 2.02. The van der Waals surface area contributed by atoms with Gasteiger partial charge in [0.25, 0.3) is 0 Å². The molecule has 0 bridgehead atoms. The van der Waals surface area contributed by atoms with Crippen molar-refractivity contribution in [2.24, 2.45) is 0 Å². The van der Waals surface area contributed by atoms with E-state index in [1.165, 1.54) is 0 Å². The molecular weight excluding hydrogens is 204 g/mol. The lowest BCUT2D eigenvalue weighted by atomic mass is 10.3. The molecule has 3 heteroatoms. The Labute approximate surface area is 93.5 Å². The molecule has 1 aromatic carbocycles. The zero-order valence-electron chi connectivity index (χ0n) is 8.26. The lowest BCUT2D eigenvalue weighted by Gasteiger charge is -2.03. The van der Waals surface area contributed by atoms with Crippen LogP contribution in [0.5, 0.6) is 0 Å². The molecule has 2 nitrogen and oxygen atoms in total. The van der Waals surface area contributed by atoms with E-state index in [1.54, 1.807) is 11.8 Å². The number of anilines is 1. The molecule has 0 radical (unpaired) electrons. The second-order valence-corrected chi connectivity index (χ2v) is 4.16. The van der Waals surface area contributed by atoms with Crippen LogP contribution in [-0.4, -0.2) is 4.98 Å². The molecule has 0 aliphatic heterocycles. The number of para-hydroxylation sites is 1. The van der Waals surface area contributed by atoms with Crippen molar-refractivity contribution < 1.29 is 0 Å². The Kier molecular flexibility index (Phi) is 3.25. The third kappa shape index (κ3) is 2.73. The fourth-order valence-electron chi connectivity index (χ4n) is 1.25. The van der Waals surface area contributed by atoms with Gasteiger partial charge in [-0.05, 0) is 24.3 Å². The Hall–Kier alpha value is -1.48. The zero-order chi connectivity index (χ0) is 10.5. The number of nitrogen functional groups attached to an aromatic ring is 1. The Morgan fingerprint density at radius 3 is 2.60 bits per heavy atom. The Morgan fingerprint density at radius 1 is 1.07 bits per heavy atom. The Balaban J connectivity index is 2.03. The zero-order valence-corrected chi connectivity index (χ0v) is 9.08. The van der Waals surface area contributed by atoms with Crippen LogP contribution in [0.3, 0.4) is 0 Å². The molecule has 0 amide bonds. The van der Waals surface area contributed by atoms with E-state index >= 15 is 0 Å². The summed E-state index contributed by atoms with van der Waals surface area (Å²) in [6, 6.07) is 13.8. The number of nitrogens with two attached hydrogens (primary N) is 1. The fraction of sp³-hybridized carbons (Fsp3) is 0.0833. The Morgan fingerprint density at radius 2 is 1.87 bits per heavy atom. The lowest BCUT2D eigenvalue weighted by Crippen LogP contribution is -1.89. The highest BCUT2D eigenvalue weighted by Crippen LogP contribution is 2.26. The minimum Gasteiger partial charge on any atom is -0.398 e. The average molecular weight is 216 g/mol. The summed E-state index contributed by atoms with van der Waals surface area (Å²) < 4.78 is 0. The third-order valence-corrected chi connectivity index (χ3v) is 3.14. The SMILES string of the molecule is Nc1ccccc1SCc1ccccn1. The van der Waals surface area contributed by atoms with E-state index in [2.05, 4.69) is 4.98 Å². The molecule has 2 N–H and O–H groups in total. The maximum atomic E-state index is 5.84. The summed E-state index contributed by atoms with van der Waals surface area (Å²) in [5, 5.41) is 0. The van der Waals surface area contributed by atoms with E-state index in [0.29, 0.717) is 0 Å². The van der Waals surface area contributed by atoms with Gasteiger partial charge in [-0.25, -0.2) is 0 Å². The van der Waals surface area contributed by atoms with Crippen molar-refractivity contribution in [3.05, 3.63) is 54.4 Å². The van der Waals surface area contributed by atoms with E-state index in [0.717, 1.165) is 22.0 Å². The first-order chi connectivity index (χ1) is 7.36. The molecule has 0 aliphatic carbocycles. The Bertz CT molecular complexity index is 429. The molecule has 0 aliphatic rings. The molecule has 1 aromatic heterocycles. The summed E-state index contributed by atoms with van der Waals surface area (Å²) in [5.74, 6) is 0.856. The van der Waals surface area contributed by atoms with Crippen molar-refractivity contribution in [3.8, 4) is 0 Å². The van der Waals surface area contributed by atoms with Gasteiger partial charge in [0.05, 0.1) is 5.69 Å². The molecule has 0 fully saturated rings. The molecule has 2 rings (SSSR count). The van der Waals surface area contributed by atoms with Crippen molar-refractivity contribution in [2.75, 3.05) is 5.73 Å². The van der Waals surface area contributed by atoms with Crippen LogP contribution >= 0.6 is 11.8 Å². The van der Waals surface area contributed by atoms with Crippen molar-refractivity contribution in [1.82, 2.24) is 4.98 Å². The monoisotopic (exact) mass is 216 g/mol. The number of benzene rings is 1. The standard InChI is InChI=1S/C12H12N2S/c13-11-6-1-2-7-12(11)15-9-10-5-3-4-8-14-10/h1-8H,9,13H2. The normalized spacial score (nSPS) is 10.1. The van der Waals surface area contributed by atoms with Gasteiger partial charge < -0.3 is 5.73 Å². The summed E-state index contributed by atoms with van der Waals surface area (Å²) in [7, 11) is 0. The highest BCUT2D eigenvalue weighted by atomic mass is 32.2. The van der Waals surface area contributed by atoms with Gasteiger partial charge in [0.2, 0.25) is 0 Å². The van der Waals surface area contributed by atoms with E-state index in [1.807, 2.05) is 48.7 Å². The van der Waals surface area contributed by atoms with Crippen LogP contribution < -0.4 is 5.73 Å². The summed E-state index contributed by atoms with van der Waals surface area (Å²) in [4.78, 5) is 5.38. The van der Waals surface area contributed by atoms with Crippen molar-refractivity contribution in [2.45, 2.75) is 10.6 Å². The van der Waals surface area contributed by atoms with Gasteiger partial charge in [-0.15, -0.1) is 11.8 Å². The predicted molar refractivity (Wildman–Crippen MR) is 64.7 cm³/mol. The first-order valence-corrected chi connectivity index (χ1v) is 5.72. The van der Waals surface area contributed by atoms with Gasteiger partial charge in [0.1, 0.15) is 0 Å². The second kappa shape index (κ2) is 4.84. The number of thioether (sulfide) groups is 1. The van der Waals surface area contributed by atoms with Gasteiger partial charge in [0, 0.05) is 22.5 Å². The van der Waals surface area contributed by atoms with E-state index in [9.17, 15) is 0 Å². The molecule has 0 saturated heterocycles. The van der Waals surface area contributed by atoms with Gasteiger partial charge >= 0.3 is 0 Å². The van der Waals surface area contributed by atoms with Gasteiger partial charge in [-0.2, -0.15) is 0 Å². The summed E-state index contributed by atoms with van der Waals surface area (Å²) >= 11 is 1.71.